The van der Waals surface area contributed by atoms with Gasteiger partial charge in [-0.15, -0.1) is 0 Å². The number of benzene rings is 1. The van der Waals surface area contributed by atoms with E-state index in [9.17, 15) is 13.2 Å². The molecule has 0 unspecified atom stereocenters. The van der Waals surface area contributed by atoms with Crippen molar-refractivity contribution in [1.82, 2.24) is 4.72 Å². The number of sulfonamides is 1. The summed E-state index contributed by atoms with van der Waals surface area (Å²) in [5.74, 6) is 0. The van der Waals surface area contributed by atoms with Gasteiger partial charge in [0.05, 0.1) is 4.90 Å². The van der Waals surface area contributed by atoms with Crippen molar-refractivity contribution in [2.24, 2.45) is 5.73 Å². The summed E-state index contributed by atoms with van der Waals surface area (Å²) in [7, 11) is -3.67. The highest BCUT2D eigenvalue weighted by molar-refractivity contribution is 7.89. The largest absolute Gasteiger partial charge is 0.423 e. The van der Waals surface area contributed by atoms with Crippen molar-refractivity contribution in [3.05, 3.63) is 40.8 Å². The third-order valence-electron chi connectivity index (χ3n) is 3.92. The van der Waals surface area contributed by atoms with Crippen LogP contribution < -0.4 is 16.1 Å². The van der Waals surface area contributed by atoms with Crippen LogP contribution in [-0.2, 0) is 10.0 Å². The third-order valence-corrected chi connectivity index (χ3v) is 5.32. The highest BCUT2D eigenvalue weighted by Crippen LogP contribution is 2.18. The van der Waals surface area contributed by atoms with E-state index < -0.39 is 21.2 Å². The lowest BCUT2D eigenvalue weighted by molar-refractivity contribution is 0.392. The molecule has 22 heavy (non-hydrogen) atoms. The molecule has 0 aliphatic rings. The van der Waals surface area contributed by atoms with Crippen LogP contribution in [0.25, 0.3) is 11.0 Å². The Labute approximate surface area is 129 Å². The van der Waals surface area contributed by atoms with Gasteiger partial charge in [-0.25, -0.2) is 17.9 Å². The lowest BCUT2D eigenvalue weighted by Crippen LogP contribution is -2.49. The molecule has 7 heteroatoms. The number of fused-ring (bicyclic) bond motifs is 1. The van der Waals surface area contributed by atoms with Crippen LogP contribution in [-0.4, -0.2) is 20.5 Å². The third kappa shape index (κ3) is 3.55. The smallest absolute Gasteiger partial charge is 0.336 e. The molecule has 0 amide bonds. The van der Waals surface area contributed by atoms with E-state index >= 15 is 0 Å². The molecule has 0 radical (unpaired) electrons. The quantitative estimate of drug-likeness (QED) is 0.786. The van der Waals surface area contributed by atoms with Crippen molar-refractivity contribution in [2.75, 3.05) is 6.54 Å². The number of nitrogens with two attached hydrogens (primary N) is 1. The van der Waals surface area contributed by atoms with Gasteiger partial charge in [0.2, 0.25) is 10.0 Å². The van der Waals surface area contributed by atoms with Crippen molar-refractivity contribution < 1.29 is 12.8 Å². The first-order valence-corrected chi connectivity index (χ1v) is 8.60. The molecule has 0 atom stereocenters. The van der Waals surface area contributed by atoms with E-state index in [2.05, 4.69) is 4.72 Å². The van der Waals surface area contributed by atoms with Crippen LogP contribution in [0.5, 0.6) is 0 Å². The summed E-state index contributed by atoms with van der Waals surface area (Å²) in [6.45, 7) is 4.02. The molecule has 1 aromatic carbocycles. The van der Waals surface area contributed by atoms with Crippen LogP contribution in [0.1, 0.15) is 26.7 Å². The molecule has 0 bridgehead atoms. The first-order valence-electron chi connectivity index (χ1n) is 7.12. The van der Waals surface area contributed by atoms with Crippen molar-refractivity contribution in [1.29, 1.82) is 0 Å². The van der Waals surface area contributed by atoms with Crippen molar-refractivity contribution in [3.8, 4) is 0 Å². The molecule has 0 fully saturated rings. The van der Waals surface area contributed by atoms with Crippen LogP contribution in [0.15, 0.2) is 44.4 Å². The molecule has 0 aliphatic carbocycles. The van der Waals surface area contributed by atoms with Crippen molar-refractivity contribution >= 4 is 21.0 Å². The zero-order chi connectivity index (χ0) is 16.4. The van der Waals surface area contributed by atoms with E-state index in [-0.39, 0.29) is 11.4 Å². The first-order chi connectivity index (χ1) is 10.3. The number of nitrogens with one attached hydrogen (secondary N) is 1. The molecule has 0 spiro atoms. The average Bonchev–Trinajstić information content (AvgIpc) is 2.52. The Kier molecular flexibility index (Phi) is 4.69. The maximum absolute atomic E-state index is 12.4. The van der Waals surface area contributed by atoms with Gasteiger partial charge in [-0.05, 0) is 37.1 Å². The second kappa shape index (κ2) is 6.20. The molecular formula is C15H20N2O4S. The molecule has 120 valence electrons. The van der Waals surface area contributed by atoms with Gasteiger partial charge in [0.1, 0.15) is 5.58 Å². The van der Waals surface area contributed by atoms with E-state index in [0.717, 1.165) is 0 Å². The zero-order valence-electron chi connectivity index (χ0n) is 12.6. The summed E-state index contributed by atoms with van der Waals surface area (Å²) in [6, 6.07) is 7.14. The minimum absolute atomic E-state index is 0.114. The van der Waals surface area contributed by atoms with Crippen LogP contribution in [0.4, 0.5) is 0 Å². The van der Waals surface area contributed by atoms with Crippen LogP contribution in [0, 0.1) is 0 Å². The SMILES string of the molecule is CCC(N)(CC)CNS(=O)(=O)c1ccc2oc(=O)ccc2c1. The molecular weight excluding hydrogens is 304 g/mol. The predicted molar refractivity (Wildman–Crippen MR) is 85.2 cm³/mol. The van der Waals surface area contributed by atoms with Crippen LogP contribution in [0.2, 0.25) is 0 Å². The highest BCUT2D eigenvalue weighted by atomic mass is 32.2. The van der Waals surface area contributed by atoms with E-state index in [4.69, 9.17) is 10.2 Å². The Morgan fingerprint density at radius 3 is 2.50 bits per heavy atom. The maximum atomic E-state index is 12.4. The number of hydrogen-bond acceptors (Lipinski definition) is 5. The molecule has 0 aliphatic heterocycles. The minimum Gasteiger partial charge on any atom is -0.423 e. The lowest BCUT2D eigenvalue weighted by Gasteiger charge is -2.26. The Bertz CT molecular complexity index is 823. The van der Waals surface area contributed by atoms with Gasteiger partial charge in [-0.3, -0.25) is 0 Å². The van der Waals surface area contributed by atoms with Gasteiger partial charge < -0.3 is 10.2 Å². The predicted octanol–water partition coefficient (Wildman–Crippen LogP) is 1.59. The lowest BCUT2D eigenvalue weighted by atomic mass is 9.95. The minimum atomic E-state index is -3.67. The summed E-state index contributed by atoms with van der Waals surface area (Å²) in [6.07, 6.45) is 1.35. The van der Waals surface area contributed by atoms with E-state index in [1.165, 1.54) is 30.3 Å². The Balaban J connectivity index is 2.29. The van der Waals surface area contributed by atoms with Gasteiger partial charge in [0, 0.05) is 23.5 Å². The molecule has 2 aromatic rings. The fraction of sp³-hybridized carbons (Fsp3) is 0.400. The Hall–Kier alpha value is -1.70. The normalized spacial score (nSPS) is 12.7. The maximum Gasteiger partial charge on any atom is 0.336 e. The van der Waals surface area contributed by atoms with Crippen LogP contribution >= 0.6 is 0 Å². The molecule has 6 nitrogen and oxygen atoms in total. The van der Waals surface area contributed by atoms with Crippen molar-refractivity contribution in [2.45, 2.75) is 37.1 Å². The second-order valence-electron chi connectivity index (χ2n) is 5.35. The van der Waals surface area contributed by atoms with Crippen LogP contribution in [0.3, 0.4) is 0 Å². The summed E-state index contributed by atoms with van der Waals surface area (Å²) in [5, 5.41) is 0.549. The van der Waals surface area contributed by atoms with Crippen molar-refractivity contribution in [3.63, 3.8) is 0 Å². The van der Waals surface area contributed by atoms with E-state index in [0.29, 0.717) is 23.8 Å². The molecule has 2 rings (SSSR count). The summed E-state index contributed by atoms with van der Waals surface area (Å²) >= 11 is 0. The number of rotatable bonds is 6. The van der Waals surface area contributed by atoms with E-state index in [1.807, 2.05) is 13.8 Å². The van der Waals surface area contributed by atoms with Gasteiger partial charge in [-0.2, -0.15) is 0 Å². The second-order valence-corrected chi connectivity index (χ2v) is 7.12. The average molecular weight is 324 g/mol. The highest BCUT2D eigenvalue weighted by Gasteiger charge is 2.24. The fourth-order valence-electron chi connectivity index (χ4n) is 2.04. The van der Waals surface area contributed by atoms with E-state index in [1.54, 1.807) is 0 Å². The summed E-state index contributed by atoms with van der Waals surface area (Å²) in [4.78, 5) is 11.2. The monoisotopic (exact) mass is 324 g/mol. The molecule has 1 aromatic heterocycles. The molecule has 3 N–H and O–H groups in total. The molecule has 1 heterocycles. The Morgan fingerprint density at radius 2 is 1.86 bits per heavy atom. The topological polar surface area (TPSA) is 102 Å². The van der Waals surface area contributed by atoms with Gasteiger partial charge in [0.15, 0.2) is 0 Å². The standard InChI is InChI=1S/C15H20N2O4S/c1-3-15(16,4-2)10-17-22(19,20)12-6-7-13-11(9-12)5-8-14(18)21-13/h5-9,17H,3-4,10,16H2,1-2H3. The fourth-order valence-corrected chi connectivity index (χ4v) is 3.21. The number of hydrogen-bond donors (Lipinski definition) is 2. The summed E-state index contributed by atoms with van der Waals surface area (Å²) in [5.41, 5.74) is 5.43. The Morgan fingerprint density at radius 1 is 1.18 bits per heavy atom. The summed E-state index contributed by atoms with van der Waals surface area (Å²) < 4.78 is 32.3. The first kappa shape index (κ1) is 16.7. The zero-order valence-corrected chi connectivity index (χ0v) is 13.4. The molecule has 0 saturated carbocycles. The van der Waals surface area contributed by atoms with Gasteiger partial charge in [0.25, 0.3) is 0 Å². The van der Waals surface area contributed by atoms with Gasteiger partial charge >= 0.3 is 5.63 Å². The van der Waals surface area contributed by atoms with Gasteiger partial charge in [-0.1, -0.05) is 13.8 Å². The molecule has 0 saturated heterocycles.